The Kier molecular flexibility index (Phi) is 11.5. The van der Waals surface area contributed by atoms with E-state index in [4.69, 9.17) is 9.47 Å². The molecule has 372 valence electrons. The molecule has 0 saturated heterocycles. The molecule has 4 aliphatic carbocycles. The number of carbonyl (C=O) groups excluding carboxylic acids is 2. The summed E-state index contributed by atoms with van der Waals surface area (Å²) in [5, 5.41) is 0. The lowest BCUT2D eigenvalue weighted by Crippen LogP contribution is -2.31. The minimum atomic E-state index is -0.493. The molecular weight excluding hydrogens is 941 g/mol. The van der Waals surface area contributed by atoms with E-state index in [0.717, 1.165) is 19.3 Å². The summed E-state index contributed by atoms with van der Waals surface area (Å²) in [6.45, 7) is 0. The van der Waals surface area contributed by atoms with Crippen molar-refractivity contribution in [2.24, 2.45) is 0 Å². The predicted molar refractivity (Wildman–Crippen MR) is 307 cm³/mol. The van der Waals surface area contributed by atoms with Gasteiger partial charge in [-0.15, -0.1) is 0 Å². The Labute approximate surface area is 450 Å². The van der Waals surface area contributed by atoms with Crippen LogP contribution >= 0.6 is 0 Å². The van der Waals surface area contributed by atoms with E-state index in [-0.39, 0.29) is 36.6 Å². The molecule has 0 fully saturated rings. The molecule has 4 nitrogen and oxygen atoms in total. The highest BCUT2D eigenvalue weighted by Gasteiger charge is 2.47. The van der Waals surface area contributed by atoms with Gasteiger partial charge >= 0.3 is 11.9 Å². The van der Waals surface area contributed by atoms with Gasteiger partial charge in [-0.1, -0.05) is 218 Å². The maximum Gasteiger partial charge on any atom is 0.311 e. The molecule has 0 spiro atoms. The van der Waals surface area contributed by atoms with Crippen LogP contribution in [0.15, 0.2) is 243 Å². The molecule has 0 saturated carbocycles. The summed E-state index contributed by atoms with van der Waals surface area (Å²) in [6.07, 6.45) is 4.04. The quantitative estimate of drug-likeness (QED) is 0.0805. The van der Waals surface area contributed by atoms with Crippen LogP contribution in [0, 0.1) is 0 Å². The fraction of sp³-hybridized carbons (Fsp3) is 0.151. The number of ether oxygens (including phenoxy) is 2. The fourth-order valence-corrected chi connectivity index (χ4v) is 14.5. The first-order chi connectivity index (χ1) is 38.0. The second kappa shape index (κ2) is 19.1. The van der Waals surface area contributed by atoms with Gasteiger partial charge in [0.1, 0.15) is 11.5 Å². The number of benzene rings is 10. The van der Waals surface area contributed by atoms with Crippen LogP contribution in [-0.2, 0) is 33.3 Å². The summed E-state index contributed by atoms with van der Waals surface area (Å²) in [6, 6.07) is 86.3. The highest BCUT2D eigenvalue weighted by molar-refractivity contribution is 5.87. The average molecular weight is 997 g/mol. The molecule has 2 atom stereocenters. The third kappa shape index (κ3) is 7.80. The van der Waals surface area contributed by atoms with Crippen LogP contribution in [0.1, 0.15) is 99.6 Å². The van der Waals surface area contributed by atoms with Crippen molar-refractivity contribution in [3.63, 3.8) is 0 Å². The van der Waals surface area contributed by atoms with Gasteiger partial charge in [-0.05, 0) is 157 Å². The van der Waals surface area contributed by atoms with Crippen LogP contribution in [-0.4, -0.2) is 11.9 Å². The van der Waals surface area contributed by atoms with Crippen molar-refractivity contribution in [1.29, 1.82) is 0 Å². The van der Waals surface area contributed by atoms with Gasteiger partial charge in [0.15, 0.2) is 0 Å². The largest absolute Gasteiger partial charge is 0.427 e. The number of carbonyl (C=O) groups is 2. The smallest absolute Gasteiger partial charge is 0.311 e. The summed E-state index contributed by atoms with van der Waals surface area (Å²) in [5.74, 6) is 0.833. The summed E-state index contributed by atoms with van der Waals surface area (Å²) < 4.78 is 12.0. The number of hydrogen-bond donors (Lipinski definition) is 0. The van der Waals surface area contributed by atoms with E-state index in [9.17, 15) is 9.59 Å². The first kappa shape index (κ1) is 46.7. The lowest BCUT2D eigenvalue weighted by atomic mass is 9.68. The number of fused-ring (bicyclic) bond motifs is 12. The van der Waals surface area contributed by atoms with Gasteiger partial charge in [-0.2, -0.15) is 0 Å². The van der Waals surface area contributed by atoms with Gasteiger partial charge in [0.25, 0.3) is 0 Å². The molecule has 4 heteroatoms. The van der Waals surface area contributed by atoms with Crippen molar-refractivity contribution in [1.82, 2.24) is 0 Å². The normalized spacial score (nSPS) is 15.9. The first-order valence-electron chi connectivity index (χ1n) is 27.3. The SMILES string of the molecule is O=C(CCC1(Cc2cccc3c2C(CC2c4ccccc4-c4cccc(CC5(CCC(=O)Oc6ccccc6)c6ccccc6-c6ccccc65)c42)c2ccccc2-3)c2ccccc2-c2ccccc21)Oc1ccccc1. The summed E-state index contributed by atoms with van der Waals surface area (Å²) in [5.41, 5.74) is 22.3. The third-order valence-corrected chi connectivity index (χ3v) is 17.6. The maximum atomic E-state index is 13.9. The van der Waals surface area contributed by atoms with Crippen molar-refractivity contribution in [3.8, 4) is 56.0 Å². The van der Waals surface area contributed by atoms with Crippen LogP contribution in [0.4, 0.5) is 0 Å². The Balaban J connectivity index is 0.880. The molecule has 0 bridgehead atoms. The topological polar surface area (TPSA) is 52.6 Å². The van der Waals surface area contributed by atoms with Crippen molar-refractivity contribution < 1.29 is 19.1 Å². The van der Waals surface area contributed by atoms with Crippen LogP contribution < -0.4 is 9.47 Å². The fourth-order valence-electron chi connectivity index (χ4n) is 14.5. The van der Waals surface area contributed by atoms with Gasteiger partial charge in [0, 0.05) is 35.5 Å². The predicted octanol–water partition coefficient (Wildman–Crippen LogP) is 16.8. The number of rotatable bonds is 14. The molecule has 0 aromatic heterocycles. The number of para-hydroxylation sites is 2. The molecule has 0 N–H and O–H groups in total. The Morgan fingerprint density at radius 1 is 0.325 bits per heavy atom. The van der Waals surface area contributed by atoms with Crippen molar-refractivity contribution in [2.75, 3.05) is 0 Å². The van der Waals surface area contributed by atoms with Gasteiger partial charge in [-0.3, -0.25) is 9.59 Å². The highest BCUT2D eigenvalue weighted by atomic mass is 16.5. The van der Waals surface area contributed by atoms with Gasteiger partial charge in [-0.25, -0.2) is 0 Å². The van der Waals surface area contributed by atoms with Gasteiger partial charge in [0.05, 0.1) is 0 Å². The van der Waals surface area contributed by atoms with Gasteiger partial charge in [0.2, 0.25) is 0 Å². The minimum absolute atomic E-state index is 0.0797. The molecule has 0 aliphatic heterocycles. The number of hydrogen-bond acceptors (Lipinski definition) is 4. The van der Waals surface area contributed by atoms with Crippen LogP contribution in [0.3, 0.4) is 0 Å². The molecule has 2 unspecified atom stereocenters. The summed E-state index contributed by atoms with van der Waals surface area (Å²) in [4.78, 5) is 27.9. The zero-order valence-electron chi connectivity index (χ0n) is 42.8. The van der Waals surface area contributed by atoms with Gasteiger partial charge < -0.3 is 9.47 Å². The molecule has 77 heavy (non-hydrogen) atoms. The Bertz CT molecular complexity index is 3580. The molecule has 0 amide bonds. The van der Waals surface area contributed by atoms with E-state index in [1.807, 2.05) is 60.7 Å². The second-order valence-corrected chi connectivity index (χ2v) is 21.5. The lowest BCUT2D eigenvalue weighted by molar-refractivity contribution is -0.135. The molecule has 0 heterocycles. The average Bonchev–Trinajstić information content (AvgIpc) is 4.21. The monoisotopic (exact) mass is 996 g/mol. The van der Waals surface area contributed by atoms with E-state index < -0.39 is 10.8 Å². The second-order valence-electron chi connectivity index (χ2n) is 21.5. The lowest BCUT2D eigenvalue weighted by Gasteiger charge is -2.34. The minimum Gasteiger partial charge on any atom is -0.427 e. The van der Waals surface area contributed by atoms with Crippen molar-refractivity contribution >= 4 is 11.9 Å². The molecule has 14 rings (SSSR count). The van der Waals surface area contributed by atoms with E-state index in [2.05, 4.69) is 182 Å². The van der Waals surface area contributed by atoms with Crippen LogP contribution in [0.25, 0.3) is 44.5 Å². The molecule has 0 radical (unpaired) electrons. The zero-order valence-corrected chi connectivity index (χ0v) is 42.8. The summed E-state index contributed by atoms with van der Waals surface area (Å²) >= 11 is 0. The third-order valence-electron chi connectivity index (χ3n) is 17.6. The van der Waals surface area contributed by atoms with Crippen LogP contribution in [0.5, 0.6) is 11.5 Å². The van der Waals surface area contributed by atoms with E-state index in [0.29, 0.717) is 24.3 Å². The van der Waals surface area contributed by atoms with E-state index in [1.54, 1.807) is 0 Å². The molecule has 10 aromatic rings. The Hall–Kier alpha value is -8.86. The highest BCUT2D eigenvalue weighted by Crippen LogP contribution is 2.60. The molecular formula is C73H56O4. The molecule has 4 aliphatic rings. The van der Waals surface area contributed by atoms with E-state index in [1.165, 1.54) is 100 Å². The Morgan fingerprint density at radius 2 is 0.636 bits per heavy atom. The molecule has 10 aromatic carbocycles. The maximum absolute atomic E-state index is 13.9. The summed E-state index contributed by atoms with van der Waals surface area (Å²) in [7, 11) is 0. The van der Waals surface area contributed by atoms with E-state index >= 15 is 0 Å². The van der Waals surface area contributed by atoms with Crippen LogP contribution in [0.2, 0.25) is 0 Å². The van der Waals surface area contributed by atoms with Crippen molar-refractivity contribution in [2.45, 2.75) is 67.6 Å². The van der Waals surface area contributed by atoms with Crippen molar-refractivity contribution in [3.05, 3.63) is 298 Å². The first-order valence-corrected chi connectivity index (χ1v) is 27.3. The number of esters is 2. The Morgan fingerprint density at radius 3 is 1.01 bits per heavy atom. The standard InChI is InChI=1S/C73H56O4/c74-68(76-50-23-3-1-4-24-50)41-43-72(64-37-15-11-31-56(64)57-32-12-16-38-65(57)72)46-48-21-19-35-60-52-27-7-9-29-54(52)62(70(48)60)45-63-55-30-10-8-28-53(55)61-36-20-22-49(71(61)63)47-73(44-42-69(75)77-51-25-5-2-6-26-51)66-39-17-13-33-58(66)59-34-14-18-40-67(59)73/h1-40,62-63H,41-47H2. The zero-order chi connectivity index (χ0) is 51.5.